The van der Waals surface area contributed by atoms with Crippen molar-refractivity contribution in [1.29, 1.82) is 0 Å². The van der Waals surface area contributed by atoms with Crippen molar-refractivity contribution in [1.82, 2.24) is 0 Å². The smallest absolute Gasteiger partial charge is 0.166 e. The van der Waals surface area contributed by atoms with Crippen LogP contribution in [0.2, 0.25) is 0 Å². The molecule has 3 rings (SSSR count). The van der Waals surface area contributed by atoms with E-state index in [4.69, 9.17) is 4.74 Å². The van der Waals surface area contributed by atoms with Crippen LogP contribution in [0.1, 0.15) is 55.2 Å². The number of ether oxygens (including phenoxy) is 1. The maximum Gasteiger partial charge on any atom is 0.166 e. The highest BCUT2D eigenvalue weighted by molar-refractivity contribution is 5.83. The molecule has 1 aliphatic rings. The van der Waals surface area contributed by atoms with Gasteiger partial charge in [-0.2, -0.15) is 0 Å². The Morgan fingerprint density at radius 2 is 1.28 bits per heavy atom. The molecule has 0 heterocycles. The predicted molar refractivity (Wildman–Crippen MR) is 98.8 cm³/mol. The summed E-state index contributed by atoms with van der Waals surface area (Å²) >= 11 is 0. The van der Waals surface area contributed by atoms with E-state index in [1.54, 1.807) is 24.3 Å². The molecule has 2 aromatic rings. The molecule has 132 valence electrons. The van der Waals surface area contributed by atoms with Gasteiger partial charge in [-0.3, -0.25) is 0 Å². The molecular formula is C22H24F2O. The number of hydrogen-bond donors (Lipinski definition) is 0. The third-order valence-electron chi connectivity index (χ3n) is 5.19. The lowest BCUT2D eigenvalue weighted by Crippen LogP contribution is -2.10. The Bertz CT molecular complexity index is 724. The third kappa shape index (κ3) is 4.09. The molecular weight excluding hydrogens is 318 g/mol. The lowest BCUT2D eigenvalue weighted by molar-refractivity contribution is 0.348. The van der Waals surface area contributed by atoms with Gasteiger partial charge in [0, 0.05) is 11.1 Å². The predicted octanol–water partition coefficient (Wildman–Crippen LogP) is 6.75. The van der Waals surface area contributed by atoms with Gasteiger partial charge >= 0.3 is 0 Å². The van der Waals surface area contributed by atoms with E-state index in [2.05, 4.69) is 6.92 Å². The molecule has 3 heteroatoms. The molecule has 0 unspecified atom stereocenters. The second-order valence-corrected chi connectivity index (χ2v) is 6.94. The highest BCUT2D eigenvalue weighted by Gasteiger charge is 2.20. The summed E-state index contributed by atoms with van der Waals surface area (Å²) in [5.74, 6) is 0.289. The average Bonchev–Trinajstić information content (AvgIpc) is 2.67. The lowest BCUT2D eigenvalue weighted by atomic mass is 9.79. The molecule has 0 spiro atoms. The minimum atomic E-state index is -0.845. The molecule has 0 aromatic heterocycles. The Morgan fingerprint density at radius 3 is 1.76 bits per heavy atom. The van der Waals surface area contributed by atoms with Crippen molar-refractivity contribution in [2.24, 2.45) is 5.92 Å². The van der Waals surface area contributed by atoms with Crippen molar-refractivity contribution in [3.63, 3.8) is 0 Å². The fraction of sp³-hybridized carbons (Fsp3) is 0.364. The Kier molecular flexibility index (Phi) is 5.52. The molecule has 2 aromatic carbocycles. The van der Waals surface area contributed by atoms with Crippen LogP contribution in [-0.2, 0) is 0 Å². The van der Waals surface area contributed by atoms with E-state index in [0.717, 1.165) is 5.92 Å². The van der Waals surface area contributed by atoms with Crippen LogP contribution in [0.4, 0.5) is 8.78 Å². The molecule has 0 N–H and O–H groups in total. The monoisotopic (exact) mass is 342 g/mol. The van der Waals surface area contributed by atoms with Gasteiger partial charge in [0.1, 0.15) is 5.75 Å². The van der Waals surface area contributed by atoms with E-state index >= 15 is 0 Å². The van der Waals surface area contributed by atoms with Crippen LogP contribution < -0.4 is 4.74 Å². The maximum absolute atomic E-state index is 14.5. The first-order valence-electron chi connectivity index (χ1n) is 8.88. The summed E-state index contributed by atoms with van der Waals surface area (Å²) in [6, 6.07) is 13.5. The Balaban J connectivity index is 1.78. The van der Waals surface area contributed by atoms with Crippen molar-refractivity contribution >= 4 is 11.7 Å². The lowest BCUT2D eigenvalue weighted by Gasteiger charge is -2.26. The SMILES string of the molecule is COc1ccc(/C(F)=C(\F)c2ccc(C3CCC(C)CC3)cc2)cc1. The highest BCUT2D eigenvalue weighted by atomic mass is 19.2. The van der Waals surface area contributed by atoms with Gasteiger partial charge in [0.2, 0.25) is 0 Å². The van der Waals surface area contributed by atoms with E-state index in [9.17, 15) is 8.78 Å². The zero-order valence-electron chi connectivity index (χ0n) is 14.8. The first kappa shape index (κ1) is 17.7. The molecule has 1 aliphatic carbocycles. The van der Waals surface area contributed by atoms with Crippen LogP contribution in [0.3, 0.4) is 0 Å². The second kappa shape index (κ2) is 7.81. The fourth-order valence-electron chi connectivity index (χ4n) is 3.49. The molecule has 0 saturated heterocycles. The molecule has 1 fully saturated rings. The van der Waals surface area contributed by atoms with Crippen LogP contribution in [0, 0.1) is 5.92 Å². The van der Waals surface area contributed by atoms with Gasteiger partial charge < -0.3 is 4.74 Å². The van der Waals surface area contributed by atoms with Crippen LogP contribution in [-0.4, -0.2) is 7.11 Å². The van der Waals surface area contributed by atoms with Gasteiger partial charge in [0.05, 0.1) is 7.11 Å². The van der Waals surface area contributed by atoms with Gasteiger partial charge in [-0.1, -0.05) is 44.0 Å². The first-order chi connectivity index (χ1) is 12.1. The average molecular weight is 342 g/mol. The summed E-state index contributed by atoms with van der Waals surface area (Å²) in [7, 11) is 1.54. The van der Waals surface area contributed by atoms with Crippen LogP contribution in [0.25, 0.3) is 11.7 Å². The summed E-state index contributed by atoms with van der Waals surface area (Å²) in [5.41, 5.74) is 1.72. The minimum absolute atomic E-state index is 0.212. The van der Waals surface area contributed by atoms with Gasteiger partial charge in [-0.15, -0.1) is 0 Å². The fourth-order valence-corrected chi connectivity index (χ4v) is 3.49. The summed E-state index contributed by atoms with van der Waals surface area (Å²) < 4.78 is 33.9. The normalized spacial score (nSPS) is 21.6. The summed E-state index contributed by atoms with van der Waals surface area (Å²) in [5, 5.41) is 0. The van der Waals surface area contributed by atoms with E-state index in [1.165, 1.54) is 50.5 Å². The second-order valence-electron chi connectivity index (χ2n) is 6.94. The van der Waals surface area contributed by atoms with Gasteiger partial charge in [0.25, 0.3) is 0 Å². The number of hydrogen-bond acceptors (Lipinski definition) is 1. The summed E-state index contributed by atoms with van der Waals surface area (Å²) in [6.45, 7) is 2.29. The van der Waals surface area contributed by atoms with Crippen LogP contribution >= 0.6 is 0 Å². The molecule has 25 heavy (non-hydrogen) atoms. The standard InChI is InChI=1S/C22H24F2O/c1-15-3-5-16(6-4-15)17-7-9-18(10-8-17)21(23)22(24)19-11-13-20(25-2)14-12-19/h7-16H,3-6H2,1-2H3/b22-21+. The molecule has 0 aliphatic heterocycles. The highest BCUT2D eigenvalue weighted by Crippen LogP contribution is 2.36. The van der Waals surface area contributed by atoms with Crippen molar-refractivity contribution in [2.75, 3.05) is 7.11 Å². The van der Waals surface area contributed by atoms with Crippen molar-refractivity contribution in [2.45, 2.75) is 38.5 Å². The Hall–Kier alpha value is -2.16. The molecule has 1 nitrogen and oxygen atoms in total. The number of methoxy groups -OCH3 is 1. The van der Waals surface area contributed by atoms with Gasteiger partial charge in [-0.05, 0) is 54.5 Å². The van der Waals surface area contributed by atoms with E-state index in [-0.39, 0.29) is 11.1 Å². The van der Waals surface area contributed by atoms with Crippen LogP contribution in [0.5, 0.6) is 5.75 Å². The summed E-state index contributed by atoms with van der Waals surface area (Å²) in [4.78, 5) is 0. The van der Waals surface area contributed by atoms with Crippen molar-refractivity contribution in [3.05, 3.63) is 65.2 Å². The zero-order chi connectivity index (χ0) is 17.8. The van der Waals surface area contributed by atoms with E-state index < -0.39 is 11.7 Å². The van der Waals surface area contributed by atoms with Gasteiger partial charge in [0.15, 0.2) is 11.7 Å². The molecule has 0 atom stereocenters. The molecule has 0 bridgehead atoms. The summed E-state index contributed by atoms with van der Waals surface area (Å²) in [6.07, 6.45) is 4.84. The van der Waals surface area contributed by atoms with Crippen molar-refractivity contribution in [3.8, 4) is 5.75 Å². The largest absolute Gasteiger partial charge is 0.497 e. The first-order valence-corrected chi connectivity index (χ1v) is 8.88. The Labute approximate surface area is 148 Å². The number of rotatable bonds is 4. The van der Waals surface area contributed by atoms with Gasteiger partial charge in [-0.25, -0.2) is 8.78 Å². The van der Waals surface area contributed by atoms with E-state index in [1.807, 2.05) is 12.1 Å². The number of halogens is 2. The topological polar surface area (TPSA) is 9.23 Å². The minimum Gasteiger partial charge on any atom is -0.497 e. The quantitative estimate of drug-likeness (QED) is 0.558. The molecule has 0 amide bonds. The Morgan fingerprint density at radius 1 is 0.800 bits per heavy atom. The maximum atomic E-state index is 14.5. The number of benzene rings is 2. The van der Waals surface area contributed by atoms with Crippen molar-refractivity contribution < 1.29 is 13.5 Å². The zero-order valence-corrected chi connectivity index (χ0v) is 14.8. The van der Waals surface area contributed by atoms with Crippen LogP contribution in [0.15, 0.2) is 48.5 Å². The third-order valence-corrected chi connectivity index (χ3v) is 5.19. The molecule has 0 radical (unpaired) electrons. The molecule has 1 saturated carbocycles. The van der Waals surface area contributed by atoms with E-state index in [0.29, 0.717) is 11.7 Å².